The van der Waals surface area contributed by atoms with Gasteiger partial charge in [-0.2, -0.15) is 0 Å². The first-order chi connectivity index (χ1) is 12.6. The lowest BCUT2D eigenvalue weighted by Gasteiger charge is -2.16. The van der Waals surface area contributed by atoms with Crippen LogP contribution in [0, 0.1) is 5.92 Å². The molecule has 0 saturated heterocycles. The van der Waals surface area contributed by atoms with Gasteiger partial charge in [0.15, 0.2) is 0 Å². The van der Waals surface area contributed by atoms with E-state index in [1.807, 2.05) is 24.3 Å². The van der Waals surface area contributed by atoms with Crippen LogP contribution >= 0.6 is 11.6 Å². The minimum Gasteiger partial charge on any atom is -0.489 e. The summed E-state index contributed by atoms with van der Waals surface area (Å²) in [6, 6.07) is 20.5. The summed E-state index contributed by atoms with van der Waals surface area (Å²) < 4.78 is 6.17. The molecule has 0 atom stereocenters. The van der Waals surface area contributed by atoms with Crippen LogP contribution in [-0.2, 0) is 13.2 Å². The van der Waals surface area contributed by atoms with Crippen molar-refractivity contribution < 1.29 is 4.74 Å². The van der Waals surface area contributed by atoms with Gasteiger partial charge in [0.2, 0.25) is 0 Å². The molecule has 0 aromatic heterocycles. The van der Waals surface area contributed by atoms with Gasteiger partial charge in [0, 0.05) is 17.1 Å². The lowest BCUT2D eigenvalue weighted by atomic mass is 10.0. The zero-order chi connectivity index (χ0) is 18.4. The number of rotatable bonds is 8. The van der Waals surface area contributed by atoms with Crippen LogP contribution in [0.3, 0.4) is 0 Å². The molecule has 26 heavy (non-hydrogen) atoms. The molecule has 0 heterocycles. The monoisotopic (exact) mass is 367 g/mol. The van der Waals surface area contributed by atoms with Crippen molar-refractivity contribution in [2.75, 3.05) is 6.54 Å². The molecular formula is C23H26ClNO. The van der Waals surface area contributed by atoms with Crippen LogP contribution < -0.4 is 10.1 Å². The van der Waals surface area contributed by atoms with Crippen molar-refractivity contribution in [3.8, 4) is 5.75 Å². The van der Waals surface area contributed by atoms with Crippen LogP contribution in [0.4, 0.5) is 0 Å². The maximum atomic E-state index is 6.17. The standard InChI is InChI=1S/C23H26ClNO/c1-17(2)13-14-25-15-22-21-6-4-3-5-19(21)9-12-23(22)26-16-18-7-10-20(24)11-8-18/h3-12,17,25H,13-16H2,1-2H3. The van der Waals surface area contributed by atoms with Crippen molar-refractivity contribution in [1.29, 1.82) is 0 Å². The Kier molecular flexibility index (Phi) is 6.54. The van der Waals surface area contributed by atoms with Gasteiger partial charge in [0.1, 0.15) is 12.4 Å². The molecule has 0 aliphatic rings. The van der Waals surface area contributed by atoms with Crippen molar-refractivity contribution >= 4 is 22.4 Å². The Morgan fingerprint density at radius 3 is 2.50 bits per heavy atom. The highest BCUT2D eigenvalue weighted by Crippen LogP contribution is 2.29. The van der Waals surface area contributed by atoms with Gasteiger partial charge in [0.05, 0.1) is 0 Å². The van der Waals surface area contributed by atoms with Gasteiger partial charge in [-0.05, 0) is 53.4 Å². The molecule has 0 aliphatic carbocycles. The van der Waals surface area contributed by atoms with Crippen molar-refractivity contribution in [3.63, 3.8) is 0 Å². The lowest BCUT2D eigenvalue weighted by Crippen LogP contribution is -2.17. The third kappa shape index (κ3) is 5.00. The van der Waals surface area contributed by atoms with Crippen LogP contribution in [0.2, 0.25) is 5.02 Å². The van der Waals surface area contributed by atoms with Crippen molar-refractivity contribution in [2.45, 2.75) is 33.4 Å². The van der Waals surface area contributed by atoms with E-state index >= 15 is 0 Å². The van der Waals surface area contributed by atoms with E-state index in [0.29, 0.717) is 12.5 Å². The quantitative estimate of drug-likeness (QED) is 0.478. The summed E-state index contributed by atoms with van der Waals surface area (Å²) in [5, 5.41) is 6.81. The fourth-order valence-corrected chi connectivity index (χ4v) is 3.11. The minimum absolute atomic E-state index is 0.536. The van der Waals surface area contributed by atoms with Crippen LogP contribution in [0.15, 0.2) is 60.7 Å². The van der Waals surface area contributed by atoms with E-state index in [0.717, 1.165) is 29.4 Å². The molecule has 0 radical (unpaired) electrons. The Labute approximate surface area is 161 Å². The van der Waals surface area contributed by atoms with Crippen LogP contribution in [-0.4, -0.2) is 6.54 Å². The third-order valence-electron chi connectivity index (χ3n) is 4.51. The summed E-state index contributed by atoms with van der Waals surface area (Å²) in [7, 11) is 0. The first kappa shape index (κ1) is 18.8. The first-order valence-corrected chi connectivity index (χ1v) is 9.60. The fourth-order valence-electron chi connectivity index (χ4n) is 2.98. The highest BCUT2D eigenvalue weighted by molar-refractivity contribution is 6.30. The summed E-state index contributed by atoms with van der Waals surface area (Å²) in [5.41, 5.74) is 2.34. The van der Waals surface area contributed by atoms with E-state index in [1.54, 1.807) is 0 Å². The van der Waals surface area contributed by atoms with Crippen molar-refractivity contribution in [3.05, 3.63) is 76.8 Å². The van der Waals surface area contributed by atoms with Crippen molar-refractivity contribution in [1.82, 2.24) is 5.32 Å². The van der Waals surface area contributed by atoms with Gasteiger partial charge in [-0.1, -0.05) is 67.9 Å². The van der Waals surface area contributed by atoms with Crippen LogP contribution in [0.25, 0.3) is 10.8 Å². The van der Waals surface area contributed by atoms with Gasteiger partial charge < -0.3 is 10.1 Å². The van der Waals surface area contributed by atoms with E-state index < -0.39 is 0 Å². The average molecular weight is 368 g/mol. The molecule has 0 aliphatic heterocycles. The number of hydrogen-bond acceptors (Lipinski definition) is 2. The predicted molar refractivity (Wildman–Crippen MR) is 111 cm³/mol. The Morgan fingerprint density at radius 2 is 1.73 bits per heavy atom. The Morgan fingerprint density at radius 1 is 0.962 bits per heavy atom. The summed E-state index contributed by atoms with van der Waals surface area (Å²) >= 11 is 5.96. The average Bonchev–Trinajstić information content (AvgIpc) is 2.65. The molecule has 3 heteroatoms. The number of nitrogens with one attached hydrogen (secondary N) is 1. The highest BCUT2D eigenvalue weighted by atomic mass is 35.5. The molecule has 0 unspecified atom stereocenters. The number of ether oxygens (including phenoxy) is 1. The largest absolute Gasteiger partial charge is 0.489 e. The SMILES string of the molecule is CC(C)CCNCc1c(OCc2ccc(Cl)cc2)ccc2ccccc12. The van der Waals surface area contributed by atoms with E-state index in [4.69, 9.17) is 16.3 Å². The zero-order valence-electron chi connectivity index (χ0n) is 15.5. The molecule has 1 N–H and O–H groups in total. The van der Waals surface area contributed by atoms with E-state index in [1.165, 1.54) is 22.8 Å². The van der Waals surface area contributed by atoms with Gasteiger partial charge in [-0.3, -0.25) is 0 Å². The Balaban J connectivity index is 1.78. The predicted octanol–water partition coefficient (Wildman–Crippen LogP) is 6.21. The molecule has 3 aromatic carbocycles. The van der Waals surface area contributed by atoms with Crippen LogP contribution in [0.1, 0.15) is 31.4 Å². The van der Waals surface area contributed by atoms with Gasteiger partial charge in [-0.25, -0.2) is 0 Å². The van der Waals surface area contributed by atoms with Crippen LogP contribution in [0.5, 0.6) is 5.75 Å². The molecule has 2 nitrogen and oxygen atoms in total. The molecule has 3 aromatic rings. The van der Waals surface area contributed by atoms with Crippen molar-refractivity contribution in [2.24, 2.45) is 5.92 Å². The molecule has 136 valence electrons. The topological polar surface area (TPSA) is 21.3 Å². The highest BCUT2D eigenvalue weighted by Gasteiger charge is 2.09. The molecule has 0 bridgehead atoms. The molecular weight excluding hydrogens is 342 g/mol. The smallest absolute Gasteiger partial charge is 0.124 e. The molecule has 0 amide bonds. The molecule has 0 spiro atoms. The third-order valence-corrected chi connectivity index (χ3v) is 4.76. The Bertz CT molecular complexity index is 842. The van der Waals surface area contributed by atoms with Gasteiger partial charge >= 0.3 is 0 Å². The maximum Gasteiger partial charge on any atom is 0.124 e. The molecule has 0 saturated carbocycles. The molecule has 0 fully saturated rings. The lowest BCUT2D eigenvalue weighted by molar-refractivity contribution is 0.302. The molecule has 3 rings (SSSR count). The fraction of sp³-hybridized carbons (Fsp3) is 0.304. The second-order valence-electron chi connectivity index (χ2n) is 7.04. The minimum atomic E-state index is 0.536. The van der Waals surface area contributed by atoms with E-state index in [2.05, 4.69) is 55.6 Å². The van der Waals surface area contributed by atoms with Gasteiger partial charge in [0.25, 0.3) is 0 Å². The second kappa shape index (κ2) is 9.07. The zero-order valence-corrected chi connectivity index (χ0v) is 16.2. The van der Waals surface area contributed by atoms with E-state index in [9.17, 15) is 0 Å². The normalized spacial score (nSPS) is 11.2. The second-order valence-corrected chi connectivity index (χ2v) is 7.47. The Hall–Kier alpha value is -2.03. The summed E-state index contributed by atoms with van der Waals surface area (Å²) in [5.74, 6) is 1.64. The number of halogens is 1. The van der Waals surface area contributed by atoms with Gasteiger partial charge in [-0.15, -0.1) is 0 Å². The summed E-state index contributed by atoms with van der Waals surface area (Å²) in [4.78, 5) is 0. The number of fused-ring (bicyclic) bond motifs is 1. The summed E-state index contributed by atoms with van der Waals surface area (Å²) in [6.45, 7) is 6.86. The number of benzene rings is 3. The maximum absolute atomic E-state index is 6.17. The van der Waals surface area contributed by atoms with E-state index in [-0.39, 0.29) is 0 Å². The summed E-state index contributed by atoms with van der Waals surface area (Å²) in [6.07, 6.45) is 1.17. The number of hydrogen-bond donors (Lipinski definition) is 1. The first-order valence-electron chi connectivity index (χ1n) is 9.22.